The molecule has 0 aliphatic rings. The monoisotopic (exact) mass is 352 g/mol. The molecule has 0 aliphatic heterocycles. The second-order valence-electron chi connectivity index (χ2n) is 6.25. The zero-order valence-electron chi connectivity index (χ0n) is 15.3. The smallest absolute Gasteiger partial charge is 0.276 e. The molecule has 5 heteroatoms. The van der Waals surface area contributed by atoms with E-state index in [2.05, 4.69) is 24.7 Å². The Morgan fingerprint density at radius 2 is 1.73 bits per heavy atom. The molecular formula is C21H24N2O3. The molecule has 2 aromatic carbocycles. The van der Waals surface area contributed by atoms with Crippen molar-refractivity contribution < 1.29 is 14.3 Å². The minimum absolute atomic E-state index is 0.175. The Hall–Kier alpha value is -3.08. The van der Waals surface area contributed by atoms with Crippen LogP contribution in [-0.2, 0) is 9.59 Å². The zero-order chi connectivity index (χ0) is 18.9. The number of hydrogen-bond acceptors (Lipinski definition) is 3. The van der Waals surface area contributed by atoms with Gasteiger partial charge in [0.25, 0.3) is 11.8 Å². The van der Waals surface area contributed by atoms with Gasteiger partial charge in [0.05, 0.1) is 0 Å². The third kappa shape index (κ3) is 6.09. The molecular weight excluding hydrogens is 328 g/mol. The van der Waals surface area contributed by atoms with Crippen LogP contribution >= 0.6 is 0 Å². The molecule has 0 atom stereocenters. The van der Waals surface area contributed by atoms with Gasteiger partial charge in [-0.3, -0.25) is 20.4 Å². The summed E-state index contributed by atoms with van der Waals surface area (Å²) in [4.78, 5) is 23.5. The summed E-state index contributed by atoms with van der Waals surface area (Å²) in [5.41, 5.74) is 7.74. The molecule has 2 N–H and O–H groups in total. The molecule has 0 fully saturated rings. The van der Waals surface area contributed by atoms with Crippen molar-refractivity contribution in [3.63, 3.8) is 0 Å². The highest BCUT2D eigenvalue weighted by atomic mass is 16.5. The van der Waals surface area contributed by atoms with Crippen molar-refractivity contribution in [2.75, 3.05) is 6.61 Å². The van der Waals surface area contributed by atoms with E-state index in [9.17, 15) is 9.59 Å². The van der Waals surface area contributed by atoms with E-state index in [0.29, 0.717) is 11.7 Å². The molecule has 2 aromatic rings. The van der Waals surface area contributed by atoms with Gasteiger partial charge in [-0.25, -0.2) is 0 Å². The average molecular weight is 352 g/mol. The maximum atomic E-state index is 11.8. The highest BCUT2D eigenvalue weighted by molar-refractivity contribution is 5.93. The van der Waals surface area contributed by atoms with Crippen molar-refractivity contribution >= 4 is 17.9 Å². The van der Waals surface area contributed by atoms with Gasteiger partial charge < -0.3 is 4.74 Å². The van der Waals surface area contributed by atoms with E-state index in [0.717, 1.165) is 11.1 Å². The fourth-order valence-electron chi connectivity index (χ4n) is 2.23. The van der Waals surface area contributed by atoms with Crippen LogP contribution in [0.2, 0.25) is 0 Å². The van der Waals surface area contributed by atoms with Crippen molar-refractivity contribution in [1.82, 2.24) is 10.9 Å². The zero-order valence-corrected chi connectivity index (χ0v) is 15.3. The summed E-state index contributed by atoms with van der Waals surface area (Å²) in [5.74, 6) is 0.255. The molecule has 136 valence electrons. The van der Waals surface area contributed by atoms with Crippen LogP contribution < -0.4 is 15.6 Å². The van der Waals surface area contributed by atoms with Gasteiger partial charge >= 0.3 is 0 Å². The molecule has 0 saturated heterocycles. The van der Waals surface area contributed by atoms with Crippen LogP contribution in [0.25, 0.3) is 6.08 Å². The van der Waals surface area contributed by atoms with Gasteiger partial charge in [-0.2, -0.15) is 0 Å². The maximum absolute atomic E-state index is 11.8. The molecule has 2 amide bonds. The van der Waals surface area contributed by atoms with Crippen molar-refractivity contribution in [2.24, 2.45) is 0 Å². The number of para-hydroxylation sites is 1. The minimum atomic E-state index is -0.434. The standard InChI is InChI=1S/C21H24N2O3/c1-15(2)18-11-8-17(9-12-18)10-13-20(24)22-23-21(25)14-26-19-7-5-4-6-16(19)3/h4-13,15H,14H2,1-3H3,(H,22,24)(H,23,25)/b13-10+. The van der Waals surface area contributed by atoms with Crippen molar-refractivity contribution in [1.29, 1.82) is 0 Å². The summed E-state index contributed by atoms with van der Waals surface area (Å²) < 4.78 is 5.41. The van der Waals surface area contributed by atoms with E-state index in [-0.39, 0.29) is 6.61 Å². The summed E-state index contributed by atoms with van der Waals surface area (Å²) in [6, 6.07) is 15.4. The molecule has 0 aliphatic carbocycles. The number of carbonyl (C=O) groups excluding carboxylic acids is 2. The van der Waals surface area contributed by atoms with Gasteiger partial charge in [0.1, 0.15) is 5.75 Å². The first-order valence-corrected chi connectivity index (χ1v) is 8.51. The summed E-state index contributed by atoms with van der Waals surface area (Å²) in [6.07, 6.45) is 3.06. The predicted octanol–water partition coefficient (Wildman–Crippen LogP) is 3.36. The van der Waals surface area contributed by atoms with E-state index in [1.165, 1.54) is 11.6 Å². The van der Waals surface area contributed by atoms with Crippen molar-refractivity contribution in [3.05, 3.63) is 71.3 Å². The number of hydrogen-bond donors (Lipinski definition) is 2. The largest absolute Gasteiger partial charge is 0.483 e. The van der Waals surface area contributed by atoms with Crippen LogP contribution in [0.4, 0.5) is 0 Å². The van der Waals surface area contributed by atoms with Gasteiger partial charge in [0.2, 0.25) is 0 Å². The Kier molecular flexibility index (Phi) is 6.97. The average Bonchev–Trinajstić information content (AvgIpc) is 2.64. The molecule has 0 bridgehead atoms. The summed E-state index contributed by atoms with van der Waals surface area (Å²) in [6.45, 7) is 5.98. The van der Waals surface area contributed by atoms with Gasteiger partial charge in [0.15, 0.2) is 6.61 Å². The second kappa shape index (κ2) is 9.42. The summed E-state index contributed by atoms with van der Waals surface area (Å²) in [7, 11) is 0. The van der Waals surface area contributed by atoms with E-state index in [1.807, 2.05) is 49.4 Å². The first-order valence-electron chi connectivity index (χ1n) is 8.51. The third-order valence-corrected chi connectivity index (χ3v) is 3.81. The topological polar surface area (TPSA) is 67.4 Å². The first-order chi connectivity index (χ1) is 12.5. The molecule has 0 radical (unpaired) electrons. The molecule has 0 aromatic heterocycles. The molecule has 5 nitrogen and oxygen atoms in total. The number of aryl methyl sites for hydroxylation is 1. The molecule has 0 saturated carbocycles. The van der Waals surface area contributed by atoms with Crippen LogP contribution in [0.1, 0.15) is 36.5 Å². The van der Waals surface area contributed by atoms with Gasteiger partial charge in [0, 0.05) is 6.08 Å². The Morgan fingerprint density at radius 1 is 1.04 bits per heavy atom. The molecule has 26 heavy (non-hydrogen) atoms. The molecule has 0 heterocycles. The molecule has 0 spiro atoms. The number of ether oxygens (including phenoxy) is 1. The summed E-state index contributed by atoms with van der Waals surface area (Å²) in [5, 5.41) is 0. The molecule has 2 rings (SSSR count). The van der Waals surface area contributed by atoms with Crippen LogP contribution in [0.15, 0.2) is 54.6 Å². The summed E-state index contributed by atoms with van der Waals surface area (Å²) >= 11 is 0. The predicted molar refractivity (Wildman–Crippen MR) is 103 cm³/mol. The van der Waals surface area contributed by atoms with E-state index in [1.54, 1.807) is 12.1 Å². The van der Waals surface area contributed by atoms with Gasteiger partial charge in [-0.1, -0.05) is 56.3 Å². The number of carbonyl (C=O) groups is 2. The quantitative estimate of drug-likeness (QED) is 0.619. The number of hydrazine groups is 1. The van der Waals surface area contributed by atoms with E-state index in [4.69, 9.17) is 4.74 Å². The second-order valence-corrected chi connectivity index (χ2v) is 6.25. The van der Waals surface area contributed by atoms with E-state index < -0.39 is 11.8 Å². The minimum Gasteiger partial charge on any atom is -0.483 e. The SMILES string of the molecule is Cc1ccccc1OCC(=O)NNC(=O)/C=C/c1ccc(C(C)C)cc1. The third-order valence-electron chi connectivity index (χ3n) is 3.81. The lowest BCUT2D eigenvalue weighted by Gasteiger charge is -2.09. The number of rotatable bonds is 6. The molecule has 0 unspecified atom stereocenters. The Balaban J connectivity index is 1.75. The first kappa shape index (κ1) is 19.2. The van der Waals surface area contributed by atoms with Gasteiger partial charge in [-0.05, 0) is 41.7 Å². The van der Waals surface area contributed by atoms with Crippen LogP contribution in [0.5, 0.6) is 5.75 Å². The Bertz CT molecular complexity index is 780. The fraction of sp³-hybridized carbons (Fsp3) is 0.238. The fourth-order valence-corrected chi connectivity index (χ4v) is 2.23. The number of amides is 2. The Labute approximate surface area is 154 Å². The lowest BCUT2D eigenvalue weighted by Crippen LogP contribution is -2.43. The van der Waals surface area contributed by atoms with Crippen molar-refractivity contribution in [3.8, 4) is 5.75 Å². The van der Waals surface area contributed by atoms with E-state index >= 15 is 0 Å². The maximum Gasteiger partial charge on any atom is 0.276 e. The number of benzene rings is 2. The highest BCUT2D eigenvalue weighted by Crippen LogP contribution is 2.16. The normalized spacial score (nSPS) is 10.8. The van der Waals surface area contributed by atoms with Crippen molar-refractivity contribution in [2.45, 2.75) is 26.7 Å². The highest BCUT2D eigenvalue weighted by Gasteiger charge is 2.05. The lowest BCUT2D eigenvalue weighted by atomic mass is 10.0. The number of nitrogens with one attached hydrogen (secondary N) is 2. The lowest BCUT2D eigenvalue weighted by molar-refractivity contribution is -0.128. The van der Waals surface area contributed by atoms with Crippen LogP contribution in [0.3, 0.4) is 0 Å². The Morgan fingerprint density at radius 3 is 2.38 bits per heavy atom. The van der Waals surface area contributed by atoms with Gasteiger partial charge in [-0.15, -0.1) is 0 Å². The van der Waals surface area contributed by atoms with Crippen LogP contribution in [0, 0.1) is 6.92 Å². The van der Waals surface area contributed by atoms with Crippen LogP contribution in [-0.4, -0.2) is 18.4 Å².